The molecule has 10 nitrogen and oxygen atoms in total. The molecule has 0 spiro atoms. The Morgan fingerprint density at radius 1 is 1.08 bits per heavy atom. The van der Waals surface area contributed by atoms with Crippen molar-refractivity contribution >= 4 is 31.7 Å². The van der Waals surface area contributed by atoms with Gasteiger partial charge in [-0.3, -0.25) is 4.90 Å². The fourth-order valence-corrected chi connectivity index (χ4v) is 7.77. The third-order valence-corrected chi connectivity index (χ3v) is 15.3. The van der Waals surface area contributed by atoms with E-state index >= 15 is 0 Å². The van der Waals surface area contributed by atoms with E-state index in [9.17, 15) is 10.1 Å². The fourth-order valence-electron chi connectivity index (χ4n) is 6.65. The fraction of sp³-hybridized carbons (Fsp3) is 0.561. The summed E-state index contributed by atoms with van der Waals surface area (Å²) in [5.41, 5.74) is 6.98. The maximum Gasteiger partial charge on any atom is 0.414 e. The lowest BCUT2D eigenvalue weighted by Crippen LogP contribution is -2.46. The van der Waals surface area contributed by atoms with Crippen LogP contribution in [0.3, 0.4) is 0 Å². The molecule has 0 fully saturated rings. The lowest BCUT2D eigenvalue weighted by Gasteiger charge is -2.39. The van der Waals surface area contributed by atoms with E-state index in [4.69, 9.17) is 18.9 Å². The van der Waals surface area contributed by atoms with Gasteiger partial charge < -0.3 is 24.1 Å². The number of nitrogens with zero attached hydrogens (tertiary/aromatic N) is 5. The van der Waals surface area contributed by atoms with Crippen LogP contribution in [0.15, 0.2) is 36.5 Å². The third-order valence-electron chi connectivity index (χ3n) is 10.8. The Kier molecular flexibility index (Phi) is 11.6. The summed E-state index contributed by atoms with van der Waals surface area (Å²) >= 11 is 0. The largest absolute Gasteiger partial charge is 0.443 e. The molecule has 1 amide bonds. The van der Waals surface area contributed by atoms with Crippen molar-refractivity contribution in [3.8, 4) is 17.3 Å². The maximum absolute atomic E-state index is 13.7. The standard InChI is InChI=1S/C41H58N6O4Si/c1-39(2,3)51-38(48)47-26-41(7,27-50-52(10,11)40(4,5)6)33-23-31(22-32(25-42)36(33)47)34-14-17-43-37(44-34)45-35-24-29-16-19-46(8)18-15-28(29)21-30(35)13-12-20-49-9/h14,17,21-24H,12-13,15-16,18-20,26-27H2,1-11H3,(H,43,44,45)/t41-/m1/s1. The van der Waals surface area contributed by atoms with Crippen LogP contribution in [-0.4, -0.2) is 81.9 Å². The van der Waals surface area contributed by atoms with E-state index in [1.807, 2.05) is 32.9 Å². The molecule has 1 aromatic heterocycles. The number of carbonyl (C=O) groups excluding carboxylic acids is 1. The normalized spacial score (nSPS) is 18.0. The molecule has 0 bridgehead atoms. The highest BCUT2D eigenvalue weighted by Crippen LogP contribution is 2.47. The van der Waals surface area contributed by atoms with E-state index in [-0.39, 0.29) is 5.04 Å². The molecule has 2 aromatic carbocycles. The molecule has 0 saturated carbocycles. The first-order valence-electron chi connectivity index (χ1n) is 18.5. The average Bonchev–Trinajstić information content (AvgIpc) is 3.25. The number of carbonyl (C=O) groups is 1. The zero-order chi connectivity index (χ0) is 38.1. The molecule has 0 unspecified atom stereocenters. The minimum Gasteiger partial charge on any atom is -0.443 e. The molecule has 0 saturated heterocycles. The molecule has 2 aliphatic rings. The monoisotopic (exact) mass is 726 g/mol. The number of fused-ring (bicyclic) bond motifs is 2. The summed E-state index contributed by atoms with van der Waals surface area (Å²) in [4.78, 5) is 27.3. The van der Waals surface area contributed by atoms with Crippen molar-refractivity contribution in [3.05, 3.63) is 64.3 Å². The van der Waals surface area contributed by atoms with Gasteiger partial charge >= 0.3 is 6.09 Å². The molecule has 3 heterocycles. The lowest BCUT2D eigenvalue weighted by molar-refractivity contribution is 0.0575. The molecule has 11 heteroatoms. The number of nitriles is 1. The van der Waals surface area contributed by atoms with Gasteiger partial charge in [0.05, 0.1) is 16.9 Å². The zero-order valence-electron chi connectivity index (χ0n) is 33.2. The molecule has 1 N–H and O–H groups in total. The Morgan fingerprint density at radius 3 is 2.40 bits per heavy atom. The van der Waals surface area contributed by atoms with Crippen LogP contribution >= 0.6 is 0 Å². The number of nitrogens with one attached hydrogen (secondary N) is 1. The quantitative estimate of drug-likeness (QED) is 0.163. The Balaban J connectivity index is 1.54. The first-order valence-corrected chi connectivity index (χ1v) is 21.4. The molecule has 2 aliphatic heterocycles. The van der Waals surface area contributed by atoms with Crippen molar-refractivity contribution < 1.29 is 18.7 Å². The van der Waals surface area contributed by atoms with Gasteiger partial charge in [0.2, 0.25) is 5.95 Å². The lowest BCUT2D eigenvalue weighted by atomic mass is 9.83. The number of aryl methyl sites for hydroxylation is 1. The van der Waals surface area contributed by atoms with Gasteiger partial charge in [-0.1, -0.05) is 33.8 Å². The zero-order valence-corrected chi connectivity index (χ0v) is 34.2. The summed E-state index contributed by atoms with van der Waals surface area (Å²) in [6.07, 6.45) is 5.08. The number of anilines is 3. The van der Waals surface area contributed by atoms with Crippen molar-refractivity contribution in [2.24, 2.45) is 0 Å². The number of aromatic nitrogens is 2. The molecule has 0 radical (unpaired) electrons. The van der Waals surface area contributed by atoms with Crippen molar-refractivity contribution in [1.82, 2.24) is 14.9 Å². The van der Waals surface area contributed by atoms with Crippen molar-refractivity contribution in [2.45, 2.75) is 103 Å². The van der Waals surface area contributed by atoms with E-state index in [1.165, 1.54) is 16.7 Å². The summed E-state index contributed by atoms with van der Waals surface area (Å²) < 4.78 is 18.0. The first-order chi connectivity index (χ1) is 24.3. The van der Waals surface area contributed by atoms with E-state index in [0.717, 1.165) is 55.6 Å². The van der Waals surface area contributed by atoms with Crippen LogP contribution in [0.1, 0.15) is 82.7 Å². The highest BCUT2D eigenvalue weighted by molar-refractivity contribution is 6.74. The second kappa shape index (κ2) is 15.3. The van der Waals surface area contributed by atoms with Gasteiger partial charge in [-0.25, -0.2) is 14.8 Å². The van der Waals surface area contributed by atoms with Crippen LogP contribution in [0.4, 0.5) is 22.1 Å². The van der Waals surface area contributed by atoms with Gasteiger partial charge in [0.15, 0.2) is 8.32 Å². The van der Waals surface area contributed by atoms with Gasteiger partial charge in [0.1, 0.15) is 11.7 Å². The molecule has 5 rings (SSSR count). The topological polar surface area (TPSA) is 113 Å². The summed E-state index contributed by atoms with van der Waals surface area (Å²) in [6, 6.07) is 12.8. The van der Waals surface area contributed by atoms with Gasteiger partial charge in [-0.2, -0.15) is 5.26 Å². The van der Waals surface area contributed by atoms with E-state index in [1.54, 1.807) is 18.2 Å². The van der Waals surface area contributed by atoms with Crippen LogP contribution in [0, 0.1) is 11.3 Å². The molecule has 0 aliphatic carbocycles. The van der Waals surface area contributed by atoms with Crippen molar-refractivity contribution in [1.29, 1.82) is 5.26 Å². The van der Waals surface area contributed by atoms with Crippen LogP contribution in [0.25, 0.3) is 11.3 Å². The first kappa shape index (κ1) is 39.4. The highest BCUT2D eigenvalue weighted by atomic mass is 28.4. The van der Waals surface area contributed by atoms with E-state index in [2.05, 4.69) is 87.3 Å². The second-order valence-corrected chi connectivity index (χ2v) is 22.1. The summed E-state index contributed by atoms with van der Waals surface area (Å²) in [5, 5.41) is 14.1. The van der Waals surface area contributed by atoms with Gasteiger partial charge in [-0.05, 0) is 118 Å². The van der Waals surface area contributed by atoms with E-state index < -0.39 is 25.4 Å². The predicted molar refractivity (Wildman–Crippen MR) is 211 cm³/mol. The SMILES string of the molecule is COCCCc1cc2c(cc1Nc1nccc(-c3cc(C#N)c4c(c3)[C@@](C)(CO[Si](C)(C)C(C)(C)C)CN4C(=O)OC(C)(C)C)n1)CCN(C)CC2. The number of hydrogen-bond donors (Lipinski definition) is 1. The number of amides is 1. The number of ether oxygens (including phenoxy) is 2. The Bertz CT molecular complexity index is 1830. The molecular weight excluding hydrogens is 669 g/mol. The van der Waals surface area contributed by atoms with Crippen molar-refractivity contribution in [2.75, 3.05) is 57.2 Å². The number of hydrogen-bond acceptors (Lipinski definition) is 9. The Labute approximate surface area is 312 Å². The minimum absolute atomic E-state index is 0.0109. The Hall–Kier alpha value is -3.82. The van der Waals surface area contributed by atoms with Crippen LogP contribution < -0.4 is 10.2 Å². The molecular formula is C41H58N6O4Si. The third kappa shape index (κ3) is 8.85. The molecule has 1 atom stereocenters. The summed E-state index contributed by atoms with van der Waals surface area (Å²) in [5.74, 6) is 0.481. The van der Waals surface area contributed by atoms with Crippen LogP contribution in [0.5, 0.6) is 0 Å². The number of likely N-dealkylation sites (N-methyl/N-ethyl adjacent to an activating group) is 1. The number of rotatable bonds is 10. The van der Waals surface area contributed by atoms with Crippen LogP contribution in [-0.2, 0) is 38.6 Å². The smallest absolute Gasteiger partial charge is 0.414 e. The molecule has 3 aromatic rings. The summed E-state index contributed by atoms with van der Waals surface area (Å²) in [6.45, 7) is 22.3. The summed E-state index contributed by atoms with van der Waals surface area (Å²) in [7, 11) is 1.78. The van der Waals surface area contributed by atoms with E-state index in [0.29, 0.717) is 42.7 Å². The second-order valence-electron chi connectivity index (χ2n) is 17.3. The minimum atomic E-state index is -2.14. The predicted octanol–water partition coefficient (Wildman–Crippen LogP) is 8.40. The average molecular weight is 727 g/mol. The number of methoxy groups -OCH3 is 1. The van der Waals surface area contributed by atoms with Crippen molar-refractivity contribution in [3.63, 3.8) is 0 Å². The highest BCUT2D eigenvalue weighted by Gasteiger charge is 2.47. The van der Waals surface area contributed by atoms with Gasteiger partial charge in [0, 0.05) is 62.8 Å². The van der Waals surface area contributed by atoms with Crippen LogP contribution in [0.2, 0.25) is 18.1 Å². The molecule has 280 valence electrons. The number of benzene rings is 2. The molecule has 52 heavy (non-hydrogen) atoms. The van der Waals surface area contributed by atoms with Gasteiger partial charge in [-0.15, -0.1) is 0 Å². The van der Waals surface area contributed by atoms with Gasteiger partial charge in [0.25, 0.3) is 0 Å². The maximum atomic E-state index is 13.7. The Morgan fingerprint density at radius 2 is 1.77 bits per heavy atom.